The predicted octanol–water partition coefficient (Wildman–Crippen LogP) is 1.48. The second-order valence-corrected chi connectivity index (χ2v) is 4.07. The van der Waals surface area contributed by atoms with Crippen molar-refractivity contribution >= 4 is 5.97 Å². The van der Waals surface area contributed by atoms with Gasteiger partial charge in [-0.2, -0.15) is 0 Å². The third-order valence-electron chi connectivity index (χ3n) is 2.96. The van der Waals surface area contributed by atoms with Crippen LogP contribution in [0.1, 0.15) is 48.0 Å². The molecule has 16 heavy (non-hydrogen) atoms. The number of oxazole rings is 1. The van der Waals surface area contributed by atoms with E-state index >= 15 is 0 Å². The van der Waals surface area contributed by atoms with Crippen LogP contribution in [0.5, 0.6) is 0 Å². The van der Waals surface area contributed by atoms with Crippen LogP contribution < -0.4 is 0 Å². The molecule has 1 aromatic heterocycles. The second kappa shape index (κ2) is 4.65. The molecule has 0 spiro atoms. The smallest absolute Gasteiger partial charge is 0.360 e. The molecule has 2 rings (SSSR count). The Labute approximate surface area is 93.4 Å². The van der Waals surface area contributed by atoms with E-state index in [0.717, 1.165) is 25.7 Å². The fraction of sp³-hybridized carbons (Fsp3) is 0.636. The van der Waals surface area contributed by atoms with Gasteiger partial charge in [-0.25, -0.2) is 9.78 Å². The molecule has 1 heterocycles. The SMILES string of the molecule is COC(=O)c1coc([C@H]2CC[C@H](O)CC2)n1. The summed E-state index contributed by atoms with van der Waals surface area (Å²) in [5.41, 5.74) is 0.212. The molecular weight excluding hydrogens is 210 g/mol. The summed E-state index contributed by atoms with van der Waals surface area (Å²) in [6, 6.07) is 0. The topological polar surface area (TPSA) is 72.6 Å². The minimum atomic E-state index is -0.481. The lowest BCUT2D eigenvalue weighted by molar-refractivity contribution is 0.0593. The maximum atomic E-state index is 11.2. The van der Waals surface area contributed by atoms with Crippen LogP contribution in [0.4, 0.5) is 0 Å². The summed E-state index contributed by atoms with van der Waals surface area (Å²) < 4.78 is 9.82. The number of rotatable bonds is 2. The molecule has 1 aromatic rings. The molecule has 5 heteroatoms. The highest BCUT2D eigenvalue weighted by Crippen LogP contribution is 2.32. The number of hydrogen-bond acceptors (Lipinski definition) is 5. The van der Waals surface area contributed by atoms with Gasteiger partial charge >= 0.3 is 5.97 Å². The maximum absolute atomic E-state index is 11.2. The van der Waals surface area contributed by atoms with Crippen LogP contribution in [0.25, 0.3) is 0 Å². The van der Waals surface area contributed by atoms with Gasteiger partial charge in [0, 0.05) is 5.92 Å². The molecule has 1 saturated carbocycles. The summed E-state index contributed by atoms with van der Waals surface area (Å²) >= 11 is 0. The molecule has 1 fully saturated rings. The maximum Gasteiger partial charge on any atom is 0.360 e. The molecule has 1 N–H and O–H groups in total. The van der Waals surface area contributed by atoms with Crippen molar-refractivity contribution in [3.8, 4) is 0 Å². The minimum absolute atomic E-state index is 0.203. The van der Waals surface area contributed by atoms with E-state index in [0.29, 0.717) is 5.89 Å². The first-order valence-corrected chi connectivity index (χ1v) is 5.42. The van der Waals surface area contributed by atoms with Crippen LogP contribution in [0, 0.1) is 0 Å². The van der Waals surface area contributed by atoms with E-state index in [1.165, 1.54) is 13.4 Å². The van der Waals surface area contributed by atoms with Crippen molar-refractivity contribution in [3.05, 3.63) is 17.8 Å². The van der Waals surface area contributed by atoms with Gasteiger partial charge in [0.1, 0.15) is 6.26 Å². The molecular formula is C11H15NO4. The van der Waals surface area contributed by atoms with Crippen molar-refractivity contribution in [2.45, 2.75) is 37.7 Å². The van der Waals surface area contributed by atoms with Crippen LogP contribution in [0.15, 0.2) is 10.7 Å². The van der Waals surface area contributed by atoms with E-state index in [2.05, 4.69) is 9.72 Å². The molecule has 0 aliphatic heterocycles. The molecule has 0 saturated heterocycles. The Bertz CT molecular complexity index is 366. The summed E-state index contributed by atoms with van der Waals surface area (Å²) in [4.78, 5) is 15.3. The first kappa shape index (κ1) is 11.1. The Kier molecular flexibility index (Phi) is 3.24. The lowest BCUT2D eigenvalue weighted by Crippen LogP contribution is -2.17. The third kappa shape index (κ3) is 2.24. The monoisotopic (exact) mass is 225 g/mol. The molecule has 0 unspecified atom stereocenters. The minimum Gasteiger partial charge on any atom is -0.464 e. The van der Waals surface area contributed by atoms with Crippen molar-refractivity contribution in [2.24, 2.45) is 0 Å². The number of aromatic nitrogens is 1. The van der Waals surface area contributed by atoms with Gasteiger partial charge in [0.05, 0.1) is 13.2 Å². The Morgan fingerprint density at radius 2 is 2.19 bits per heavy atom. The number of methoxy groups -OCH3 is 1. The van der Waals surface area contributed by atoms with E-state index in [1.54, 1.807) is 0 Å². The molecule has 1 aliphatic rings. The predicted molar refractivity (Wildman–Crippen MR) is 55.1 cm³/mol. The van der Waals surface area contributed by atoms with Crippen molar-refractivity contribution in [3.63, 3.8) is 0 Å². The Morgan fingerprint density at radius 3 is 2.81 bits per heavy atom. The molecule has 0 bridgehead atoms. The van der Waals surface area contributed by atoms with Gasteiger partial charge in [0.2, 0.25) is 0 Å². The van der Waals surface area contributed by atoms with E-state index in [1.807, 2.05) is 0 Å². The highest BCUT2D eigenvalue weighted by Gasteiger charge is 2.25. The summed E-state index contributed by atoms with van der Waals surface area (Å²) in [5.74, 6) is 0.306. The van der Waals surface area contributed by atoms with Gasteiger partial charge in [0.25, 0.3) is 0 Å². The molecule has 0 aromatic carbocycles. The molecule has 5 nitrogen and oxygen atoms in total. The van der Waals surface area contributed by atoms with E-state index in [9.17, 15) is 9.90 Å². The number of esters is 1. The Morgan fingerprint density at radius 1 is 1.50 bits per heavy atom. The molecule has 88 valence electrons. The van der Waals surface area contributed by atoms with Crippen molar-refractivity contribution in [1.29, 1.82) is 0 Å². The van der Waals surface area contributed by atoms with Crippen molar-refractivity contribution in [2.75, 3.05) is 7.11 Å². The number of hydrogen-bond donors (Lipinski definition) is 1. The third-order valence-corrected chi connectivity index (χ3v) is 2.96. The van der Waals surface area contributed by atoms with Crippen LogP contribution in [-0.4, -0.2) is 29.3 Å². The van der Waals surface area contributed by atoms with Gasteiger partial charge in [-0.3, -0.25) is 0 Å². The van der Waals surface area contributed by atoms with Gasteiger partial charge < -0.3 is 14.3 Å². The lowest BCUT2D eigenvalue weighted by Gasteiger charge is -2.22. The molecule has 0 radical (unpaired) electrons. The number of aliphatic hydroxyl groups is 1. The Balaban J connectivity index is 2.04. The fourth-order valence-corrected chi connectivity index (χ4v) is 2.00. The highest BCUT2D eigenvalue weighted by atomic mass is 16.5. The van der Waals surface area contributed by atoms with Crippen LogP contribution in [0.2, 0.25) is 0 Å². The van der Waals surface area contributed by atoms with E-state index in [-0.39, 0.29) is 17.7 Å². The quantitative estimate of drug-likeness (QED) is 0.772. The lowest BCUT2D eigenvalue weighted by atomic mass is 9.87. The van der Waals surface area contributed by atoms with Gasteiger partial charge in [-0.15, -0.1) is 0 Å². The Hall–Kier alpha value is -1.36. The summed E-state index contributed by atoms with van der Waals surface area (Å²) in [5, 5.41) is 9.38. The van der Waals surface area contributed by atoms with Crippen LogP contribution >= 0.6 is 0 Å². The van der Waals surface area contributed by atoms with Crippen LogP contribution in [-0.2, 0) is 4.74 Å². The van der Waals surface area contributed by atoms with Gasteiger partial charge in [-0.1, -0.05) is 0 Å². The standard InChI is InChI=1S/C11H15NO4/c1-15-11(14)9-6-16-10(12-9)7-2-4-8(13)5-3-7/h6-8,13H,2-5H2,1H3/t7-,8-. The van der Waals surface area contributed by atoms with E-state index in [4.69, 9.17) is 4.42 Å². The second-order valence-electron chi connectivity index (χ2n) is 4.07. The number of carbonyl (C=O) groups is 1. The molecule has 1 aliphatic carbocycles. The first-order valence-electron chi connectivity index (χ1n) is 5.42. The average Bonchev–Trinajstić information content (AvgIpc) is 2.78. The fourth-order valence-electron chi connectivity index (χ4n) is 2.00. The zero-order chi connectivity index (χ0) is 11.5. The average molecular weight is 225 g/mol. The van der Waals surface area contributed by atoms with Gasteiger partial charge in [0.15, 0.2) is 11.6 Å². The number of nitrogens with zero attached hydrogens (tertiary/aromatic N) is 1. The van der Waals surface area contributed by atoms with Crippen molar-refractivity contribution < 1.29 is 19.1 Å². The summed E-state index contributed by atoms with van der Waals surface area (Å²) in [6.45, 7) is 0. The zero-order valence-electron chi connectivity index (χ0n) is 9.18. The number of ether oxygens (including phenoxy) is 1. The molecule has 0 amide bonds. The summed E-state index contributed by atoms with van der Waals surface area (Å²) in [7, 11) is 1.31. The van der Waals surface area contributed by atoms with Crippen molar-refractivity contribution in [1.82, 2.24) is 4.98 Å². The first-order chi connectivity index (χ1) is 7.70. The summed E-state index contributed by atoms with van der Waals surface area (Å²) in [6.07, 6.45) is 4.35. The van der Waals surface area contributed by atoms with E-state index < -0.39 is 5.97 Å². The largest absolute Gasteiger partial charge is 0.464 e. The van der Waals surface area contributed by atoms with Crippen LogP contribution in [0.3, 0.4) is 0 Å². The normalized spacial score (nSPS) is 25.4. The zero-order valence-corrected chi connectivity index (χ0v) is 9.18. The number of carbonyl (C=O) groups excluding carboxylic acids is 1. The molecule has 0 atom stereocenters. The van der Waals surface area contributed by atoms with Gasteiger partial charge in [-0.05, 0) is 25.7 Å². The number of aliphatic hydroxyl groups excluding tert-OH is 1. The highest BCUT2D eigenvalue weighted by molar-refractivity contribution is 5.86.